The summed E-state index contributed by atoms with van der Waals surface area (Å²) in [6, 6.07) is 0. The van der Waals surface area contributed by atoms with Crippen LogP contribution in [0.25, 0.3) is 0 Å². The largest absolute Gasteiger partial charge is 0.480 e. The minimum absolute atomic E-state index is 0.0899. The molecule has 0 aliphatic carbocycles. The average molecular weight is 510 g/mol. The number of ether oxygens (including phenoxy) is 1. The van der Waals surface area contributed by atoms with Crippen LogP contribution >= 0.6 is 0 Å². The van der Waals surface area contributed by atoms with Gasteiger partial charge in [-0.25, -0.2) is 0 Å². The number of hydrogen-bond donors (Lipinski definition) is 2. The van der Waals surface area contributed by atoms with E-state index in [9.17, 15) is 14.4 Å². The Hall–Kier alpha value is -1.85. The van der Waals surface area contributed by atoms with Crippen LogP contribution in [0.15, 0.2) is 12.2 Å². The molecule has 0 fully saturated rings. The summed E-state index contributed by atoms with van der Waals surface area (Å²) in [5.74, 6) is -1.33. The molecule has 0 radical (unpaired) electrons. The number of carbonyl (C=O) groups is 3. The fourth-order valence-electron chi connectivity index (χ4n) is 4.19. The van der Waals surface area contributed by atoms with Crippen molar-refractivity contribution in [2.24, 2.45) is 0 Å². The quantitative estimate of drug-likeness (QED) is 0.0702. The molecule has 36 heavy (non-hydrogen) atoms. The Balaban J connectivity index is 4.24. The third-order valence-electron chi connectivity index (χ3n) is 6.42. The minimum atomic E-state index is -1.03. The molecule has 1 atom stereocenters. The molecule has 0 spiro atoms. The van der Waals surface area contributed by atoms with Gasteiger partial charge in [-0.15, -0.1) is 0 Å². The summed E-state index contributed by atoms with van der Waals surface area (Å²) < 4.78 is 5.81. The van der Waals surface area contributed by atoms with Gasteiger partial charge in [0.15, 0.2) is 0 Å². The number of esters is 1. The number of hydrogen-bond acceptors (Lipinski definition) is 4. The van der Waals surface area contributed by atoms with Gasteiger partial charge < -0.3 is 15.2 Å². The SMILES string of the molecule is CCCCCCCC/C=C\C(CCCCCCC(=O)NCC(=O)O)OC(=O)CCCCCCCCC. The highest BCUT2D eigenvalue weighted by atomic mass is 16.5. The molecular weight excluding hydrogens is 454 g/mol. The van der Waals surface area contributed by atoms with E-state index in [4.69, 9.17) is 9.84 Å². The Morgan fingerprint density at radius 2 is 1.25 bits per heavy atom. The fourth-order valence-corrected chi connectivity index (χ4v) is 4.19. The molecule has 0 aromatic rings. The normalized spacial score (nSPS) is 12.1. The summed E-state index contributed by atoms with van der Waals surface area (Å²) in [6.45, 7) is 4.13. The summed E-state index contributed by atoms with van der Waals surface area (Å²) in [7, 11) is 0. The standard InChI is InChI=1S/C30H55NO5/c1-3-5-7-9-11-13-14-18-22-27(36-30(35)25-21-15-12-10-8-6-4-2)23-19-16-17-20-24-28(32)31-26-29(33)34/h18,22,27H,3-17,19-21,23-26H2,1-2H3,(H,31,32)(H,33,34)/b22-18-. The molecule has 0 aliphatic rings. The Kier molecular flexibility index (Phi) is 24.9. The van der Waals surface area contributed by atoms with Crippen LogP contribution in [-0.4, -0.2) is 35.6 Å². The van der Waals surface area contributed by atoms with Crippen molar-refractivity contribution in [1.82, 2.24) is 5.32 Å². The lowest BCUT2D eigenvalue weighted by Gasteiger charge is -2.15. The van der Waals surface area contributed by atoms with Crippen molar-refractivity contribution in [2.45, 2.75) is 155 Å². The van der Waals surface area contributed by atoms with Gasteiger partial charge in [0.1, 0.15) is 12.6 Å². The van der Waals surface area contributed by atoms with Crippen LogP contribution < -0.4 is 5.32 Å². The van der Waals surface area contributed by atoms with E-state index in [2.05, 4.69) is 31.3 Å². The van der Waals surface area contributed by atoms with E-state index in [1.54, 1.807) is 0 Å². The topological polar surface area (TPSA) is 92.7 Å². The molecule has 0 aromatic carbocycles. The first-order chi connectivity index (χ1) is 17.5. The molecular formula is C30H55NO5. The van der Waals surface area contributed by atoms with E-state index < -0.39 is 5.97 Å². The fraction of sp³-hybridized carbons (Fsp3) is 0.833. The maximum atomic E-state index is 12.4. The zero-order valence-corrected chi connectivity index (χ0v) is 23.4. The number of nitrogens with one attached hydrogen (secondary N) is 1. The van der Waals surface area contributed by atoms with Crippen LogP contribution in [0.4, 0.5) is 0 Å². The third-order valence-corrected chi connectivity index (χ3v) is 6.42. The molecule has 0 bridgehead atoms. The van der Waals surface area contributed by atoms with Gasteiger partial charge in [0.05, 0.1) is 0 Å². The van der Waals surface area contributed by atoms with Crippen molar-refractivity contribution < 1.29 is 24.2 Å². The molecule has 6 heteroatoms. The second-order valence-electron chi connectivity index (χ2n) is 10.0. The number of unbranched alkanes of at least 4 members (excludes halogenated alkanes) is 15. The molecule has 0 saturated carbocycles. The van der Waals surface area contributed by atoms with E-state index in [1.807, 2.05) is 0 Å². The summed E-state index contributed by atoms with van der Waals surface area (Å²) in [4.78, 5) is 34.5. The molecule has 210 valence electrons. The first-order valence-corrected chi connectivity index (χ1v) is 14.8. The second kappa shape index (κ2) is 26.2. The van der Waals surface area contributed by atoms with E-state index in [0.29, 0.717) is 12.8 Å². The lowest BCUT2D eigenvalue weighted by atomic mass is 10.1. The van der Waals surface area contributed by atoms with Crippen LogP contribution in [0.3, 0.4) is 0 Å². The summed E-state index contributed by atoms with van der Waals surface area (Å²) in [6.07, 6.45) is 26.3. The Labute approximate surface area is 221 Å². The van der Waals surface area contributed by atoms with Gasteiger partial charge >= 0.3 is 11.9 Å². The number of amides is 1. The zero-order valence-electron chi connectivity index (χ0n) is 23.4. The van der Waals surface area contributed by atoms with Gasteiger partial charge in [-0.1, -0.05) is 103 Å². The molecule has 0 aromatic heterocycles. The van der Waals surface area contributed by atoms with Crippen LogP contribution in [0.1, 0.15) is 149 Å². The highest BCUT2D eigenvalue weighted by molar-refractivity contribution is 5.80. The van der Waals surface area contributed by atoms with Gasteiger partial charge in [0.2, 0.25) is 5.91 Å². The molecule has 1 amide bonds. The Morgan fingerprint density at radius 1 is 0.722 bits per heavy atom. The first-order valence-electron chi connectivity index (χ1n) is 14.8. The van der Waals surface area contributed by atoms with Crippen LogP contribution in [0, 0.1) is 0 Å². The van der Waals surface area contributed by atoms with E-state index >= 15 is 0 Å². The highest BCUT2D eigenvalue weighted by Crippen LogP contribution is 2.15. The predicted molar refractivity (Wildman–Crippen MR) is 148 cm³/mol. The maximum Gasteiger partial charge on any atom is 0.322 e. The number of carbonyl (C=O) groups excluding carboxylic acids is 2. The number of allylic oxidation sites excluding steroid dienone is 1. The Morgan fingerprint density at radius 3 is 1.86 bits per heavy atom. The number of carboxylic acid groups (broad SMARTS) is 1. The van der Waals surface area contributed by atoms with Crippen molar-refractivity contribution in [3.63, 3.8) is 0 Å². The van der Waals surface area contributed by atoms with Crippen molar-refractivity contribution >= 4 is 17.8 Å². The van der Waals surface area contributed by atoms with E-state index in [1.165, 1.54) is 70.6 Å². The van der Waals surface area contributed by atoms with Gasteiger partial charge in [0.25, 0.3) is 0 Å². The molecule has 0 rings (SSSR count). The van der Waals surface area contributed by atoms with Crippen LogP contribution in [-0.2, 0) is 19.1 Å². The zero-order chi connectivity index (χ0) is 26.7. The van der Waals surface area contributed by atoms with Crippen molar-refractivity contribution in [1.29, 1.82) is 0 Å². The monoisotopic (exact) mass is 509 g/mol. The van der Waals surface area contributed by atoms with Crippen molar-refractivity contribution in [3.05, 3.63) is 12.2 Å². The van der Waals surface area contributed by atoms with Crippen LogP contribution in [0.2, 0.25) is 0 Å². The summed E-state index contributed by atoms with van der Waals surface area (Å²) in [5.41, 5.74) is 0. The summed E-state index contributed by atoms with van der Waals surface area (Å²) in [5, 5.41) is 11.0. The molecule has 0 heterocycles. The maximum absolute atomic E-state index is 12.4. The van der Waals surface area contributed by atoms with E-state index in [0.717, 1.165) is 51.4 Å². The third kappa shape index (κ3) is 25.2. The number of rotatable bonds is 26. The van der Waals surface area contributed by atoms with Gasteiger partial charge in [-0.2, -0.15) is 0 Å². The molecule has 0 saturated heterocycles. The lowest BCUT2D eigenvalue weighted by Crippen LogP contribution is -2.28. The first kappa shape index (κ1) is 34.1. The van der Waals surface area contributed by atoms with E-state index in [-0.39, 0.29) is 24.5 Å². The molecule has 0 aliphatic heterocycles. The molecule has 2 N–H and O–H groups in total. The minimum Gasteiger partial charge on any atom is -0.480 e. The van der Waals surface area contributed by atoms with Crippen molar-refractivity contribution in [3.8, 4) is 0 Å². The average Bonchev–Trinajstić information content (AvgIpc) is 2.85. The smallest absolute Gasteiger partial charge is 0.322 e. The number of aliphatic carboxylic acids is 1. The Bertz CT molecular complexity index is 576. The van der Waals surface area contributed by atoms with Gasteiger partial charge in [-0.05, 0) is 44.6 Å². The van der Waals surface area contributed by atoms with Crippen molar-refractivity contribution in [2.75, 3.05) is 6.54 Å². The summed E-state index contributed by atoms with van der Waals surface area (Å²) >= 11 is 0. The van der Waals surface area contributed by atoms with Gasteiger partial charge in [-0.3, -0.25) is 14.4 Å². The number of carboxylic acids is 1. The highest BCUT2D eigenvalue weighted by Gasteiger charge is 2.12. The van der Waals surface area contributed by atoms with Crippen LogP contribution in [0.5, 0.6) is 0 Å². The molecule has 6 nitrogen and oxygen atoms in total. The van der Waals surface area contributed by atoms with Gasteiger partial charge in [0, 0.05) is 12.8 Å². The lowest BCUT2D eigenvalue weighted by molar-refractivity contribution is -0.147. The second-order valence-corrected chi connectivity index (χ2v) is 10.0. The predicted octanol–water partition coefficient (Wildman–Crippen LogP) is 7.89. The molecule has 1 unspecified atom stereocenters.